The summed E-state index contributed by atoms with van der Waals surface area (Å²) in [5.41, 5.74) is 1.83. The molecule has 1 N–H and O–H groups in total. The van der Waals surface area contributed by atoms with Crippen LogP contribution in [-0.4, -0.2) is 49.1 Å². The van der Waals surface area contributed by atoms with Gasteiger partial charge in [-0.3, -0.25) is 9.59 Å². The van der Waals surface area contributed by atoms with Crippen LogP contribution < -0.4 is 14.8 Å². The molecule has 0 spiro atoms. The Morgan fingerprint density at radius 1 is 1.03 bits per heavy atom. The summed E-state index contributed by atoms with van der Waals surface area (Å²) in [6, 6.07) is 15.2. The lowest BCUT2D eigenvalue weighted by Crippen LogP contribution is -2.46. The molecule has 1 atom stereocenters. The first-order chi connectivity index (χ1) is 14.1. The standard InChI is InChI=1S/C23H26N2O4/c1-16-6-8-18(9-7-16)23(27)25-12-10-17(11-13-25)22(26)24-14-19-15-28-20-4-2-3-5-21(20)29-19/h2-9,17,19H,10-15H2,1H3,(H,24,26). The number of fused-ring (bicyclic) bond motifs is 1. The Kier molecular flexibility index (Phi) is 5.69. The molecule has 0 radical (unpaired) electrons. The van der Waals surface area contributed by atoms with Crippen molar-refractivity contribution in [2.45, 2.75) is 25.9 Å². The van der Waals surface area contributed by atoms with Crippen LogP contribution >= 0.6 is 0 Å². The molecule has 0 bridgehead atoms. The zero-order valence-electron chi connectivity index (χ0n) is 16.6. The Hall–Kier alpha value is -3.02. The van der Waals surface area contributed by atoms with E-state index in [0.29, 0.717) is 50.4 Å². The smallest absolute Gasteiger partial charge is 0.253 e. The van der Waals surface area contributed by atoms with E-state index in [1.54, 1.807) is 0 Å². The molecule has 0 saturated carbocycles. The summed E-state index contributed by atoms with van der Waals surface area (Å²) >= 11 is 0. The topological polar surface area (TPSA) is 67.9 Å². The van der Waals surface area contributed by atoms with E-state index in [-0.39, 0.29) is 23.8 Å². The first-order valence-electron chi connectivity index (χ1n) is 10.1. The van der Waals surface area contributed by atoms with Crippen LogP contribution in [0.25, 0.3) is 0 Å². The summed E-state index contributed by atoms with van der Waals surface area (Å²) in [7, 11) is 0. The molecule has 2 aromatic carbocycles. The lowest BCUT2D eigenvalue weighted by Gasteiger charge is -2.32. The van der Waals surface area contributed by atoms with Gasteiger partial charge in [0.25, 0.3) is 5.91 Å². The lowest BCUT2D eigenvalue weighted by molar-refractivity contribution is -0.126. The van der Waals surface area contributed by atoms with E-state index >= 15 is 0 Å². The van der Waals surface area contributed by atoms with E-state index in [0.717, 1.165) is 11.3 Å². The number of amides is 2. The summed E-state index contributed by atoms with van der Waals surface area (Å²) in [6.45, 7) is 4.03. The number of likely N-dealkylation sites (tertiary alicyclic amines) is 1. The molecule has 4 rings (SSSR count). The molecule has 2 heterocycles. The van der Waals surface area contributed by atoms with E-state index in [2.05, 4.69) is 5.32 Å². The van der Waals surface area contributed by atoms with E-state index in [1.165, 1.54) is 0 Å². The summed E-state index contributed by atoms with van der Waals surface area (Å²) in [4.78, 5) is 27.0. The number of aryl methyl sites for hydroxylation is 1. The van der Waals surface area contributed by atoms with Gasteiger partial charge in [0.05, 0.1) is 6.54 Å². The minimum Gasteiger partial charge on any atom is -0.486 e. The van der Waals surface area contributed by atoms with Crippen molar-refractivity contribution >= 4 is 11.8 Å². The van der Waals surface area contributed by atoms with Crippen LogP contribution in [-0.2, 0) is 4.79 Å². The molecule has 0 aromatic heterocycles. The molecule has 2 amide bonds. The number of nitrogens with zero attached hydrogens (tertiary/aromatic N) is 1. The Balaban J connectivity index is 1.23. The molecule has 2 aromatic rings. The fourth-order valence-electron chi connectivity index (χ4n) is 3.75. The first-order valence-corrected chi connectivity index (χ1v) is 10.1. The van der Waals surface area contributed by atoms with Crippen LogP contribution in [0.15, 0.2) is 48.5 Å². The van der Waals surface area contributed by atoms with Gasteiger partial charge in [0.2, 0.25) is 5.91 Å². The fraction of sp³-hybridized carbons (Fsp3) is 0.391. The third-order valence-corrected chi connectivity index (χ3v) is 5.52. The Labute approximate surface area is 170 Å². The zero-order valence-corrected chi connectivity index (χ0v) is 16.6. The number of para-hydroxylation sites is 2. The van der Waals surface area contributed by atoms with Gasteiger partial charge < -0.3 is 19.7 Å². The summed E-state index contributed by atoms with van der Waals surface area (Å²) in [6.07, 6.45) is 1.15. The van der Waals surface area contributed by atoms with Gasteiger partial charge in [-0.05, 0) is 44.0 Å². The third kappa shape index (κ3) is 4.53. The minimum absolute atomic E-state index is 0.0230. The van der Waals surface area contributed by atoms with Crippen molar-refractivity contribution in [3.8, 4) is 11.5 Å². The quantitative estimate of drug-likeness (QED) is 0.866. The van der Waals surface area contributed by atoms with Gasteiger partial charge in [-0.2, -0.15) is 0 Å². The predicted molar refractivity (Wildman–Crippen MR) is 109 cm³/mol. The van der Waals surface area contributed by atoms with E-state index in [9.17, 15) is 9.59 Å². The maximum absolute atomic E-state index is 12.6. The SMILES string of the molecule is Cc1ccc(C(=O)N2CCC(C(=O)NCC3COc4ccccc4O3)CC2)cc1. The lowest BCUT2D eigenvalue weighted by atomic mass is 9.95. The molecule has 1 fully saturated rings. The van der Waals surface area contributed by atoms with Gasteiger partial charge >= 0.3 is 0 Å². The second kappa shape index (κ2) is 8.55. The van der Waals surface area contributed by atoms with Crippen molar-refractivity contribution in [1.82, 2.24) is 10.2 Å². The molecule has 29 heavy (non-hydrogen) atoms. The highest BCUT2D eigenvalue weighted by atomic mass is 16.6. The van der Waals surface area contributed by atoms with Crippen LogP contribution in [0.4, 0.5) is 0 Å². The molecule has 2 aliphatic heterocycles. The number of hydrogen-bond donors (Lipinski definition) is 1. The number of hydrogen-bond acceptors (Lipinski definition) is 4. The van der Waals surface area contributed by atoms with Crippen molar-refractivity contribution in [1.29, 1.82) is 0 Å². The van der Waals surface area contributed by atoms with Crippen molar-refractivity contribution in [3.05, 3.63) is 59.7 Å². The van der Waals surface area contributed by atoms with Crippen LogP contribution in [0.5, 0.6) is 11.5 Å². The fourth-order valence-corrected chi connectivity index (χ4v) is 3.75. The highest BCUT2D eigenvalue weighted by Crippen LogP contribution is 2.30. The molecule has 0 aliphatic carbocycles. The second-order valence-electron chi connectivity index (χ2n) is 7.68. The molecule has 6 heteroatoms. The third-order valence-electron chi connectivity index (χ3n) is 5.52. The Bertz CT molecular complexity index is 873. The molecular formula is C23H26N2O4. The normalized spacial score (nSPS) is 18.9. The summed E-state index contributed by atoms with van der Waals surface area (Å²) in [5, 5.41) is 2.99. The molecule has 152 valence electrons. The molecule has 1 saturated heterocycles. The van der Waals surface area contributed by atoms with Gasteiger partial charge in [-0.25, -0.2) is 0 Å². The summed E-state index contributed by atoms with van der Waals surface area (Å²) in [5.74, 6) is 1.43. The zero-order chi connectivity index (χ0) is 20.2. The highest BCUT2D eigenvalue weighted by molar-refractivity contribution is 5.94. The Morgan fingerprint density at radius 2 is 1.72 bits per heavy atom. The van der Waals surface area contributed by atoms with Crippen LogP contribution in [0.3, 0.4) is 0 Å². The summed E-state index contributed by atoms with van der Waals surface area (Å²) < 4.78 is 11.6. The van der Waals surface area contributed by atoms with Gasteiger partial charge in [0, 0.05) is 24.6 Å². The molecular weight excluding hydrogens is 368 g/mol. The Morgan fingerprint density at radius 3 is 2.45 bits per heavy atom. The number of carbonyl (C=O) groups excluding carboxylic acids is 2. The van der Waals surface area contributed by atoms with Crippen LogP contribution in [0, 0.1) is 12.8 Å². The van der Waals surface area contributed by atoms with Gasteiger partial charge in [0.1, 0.15) is 12.7 Å². The number of rotatable bonds is 4. The maximum atomic E-state index is 12.6. The average Bonchev–Trinajstić information content (AvgIpc) is 2.77. The van der Waals surface area contributed by atoms with Crippen molar-refractivity contribution in [2.75, 3.05) is 26.2 Å². The van der Waals surface area contributed by atoms with Crippen molar-refractivity contribution < 1.29 is 19.1 Å². The minimum atomic E-state index is -0.197. The number of piperidine rings is 1. The highest BCUT2D eigenvalue weighted by Gasteiger charge is 2.29. The molecule has 1 unspecified atom stereocenters. The van der Waals surface area contributed by atoms with E-state index < -0.39 is 0 Å². The second-order valence-corrected chi connectivity index (χ2v) is 7.68. The van der Waals surface area contributed by atoms with Gasteiger partial charge in [-0.15, -0.1) is 0 Å². The molecule has 6 nitrogen and oxygen atoms in total. The van der Waals surface area contributed by atoms with Crippen LogP contribution in [0.1, 0.15) is 28.8 Å². The monoisotopic (exact) mass is 394 g/mol. The predicted octanol–water partition coefficient (Wildman–Crippen LogP) is 2.80. The average molecular weight is 394 g/mol. The van der Waals surface area contributed by atoms with E-state index in [1.807, 2.05) is 60.4 Å². The first kappa shape index (κ1) is 19.3. The largest absolute Gasteiger partial charge is 0.486 e. The van der Waals surface area contributed by atoms with E-state index in [4.69, 9.17) is 9.47 Å². The van der Waals surface area contributed by atoms with Crippen molar-refractivity contribution in [3.63, 3.8) is 0 Å². The number of ether oxygens (including phenoxy) is 2. The van der Waals surface area contributed by atoms with Crippen molar-refractivity contribution in [2.24, 2.45) is 5.92 Å². The van der Waals surface area contributed by atoms with Crippen LogP contribution in [0.2, 0.25) is 0 Å². The van der Waals surface area contributed by atoms with Gasteiger partial charge in [0.15, 0.2) is 11.5 Å². The molecule has 2 aliphatic rings. The maximum Gasteiger partial charge on any atom is 0.253 e. The number of nitrogens with one attached hydrogen (secondary N) is 1. The number of benzene rings is 2. The van der Waals surface area contributed by atoms with Gasteiger partial charge in [-0.1, -0.05) is 29.8 Å². The number of carbonyl (C=O) groups is 2.